The van der Waals surface area contributed by atoms with Gasteiger partial charge in [0.1, 0.15) is 0 Å². The zero-order valence-electron chi connectivity index (χ0n) is 9.23. The van der Waals surface area contributed by atoms with Crippen molar-refractivity contribution in [2.45, 2.75) is 6.18 Å². The molecule has 2 aromatic rings. The molecule has 9 heteroatoms. The molecule has 0 unspecified atom stereocenters. The Labute approximate surface area is 104 Å². The number of carbonyl (C=O) groups excluding carboxylic acids is 1. The average Bonchev–Trinajstić information content (AvgIpc) is 2.97. The van der Waals surface area contributed by atoms with Crippen LogP contribution < -0.4 is 5.48 Å². The molecule has 0 saturated heterocycles. The van der Waals surface area contributed by atoms with E-state index < -0.39 is 18.7 Å². The minimum absolute atomic E-state index is 0.00175. The van der Waals surface area contributed by atoms with E-state index in [1.807, 2.05) is 0 Å². The third kappa shape index (κ3) is 3.35. The number of rotatable bonds is 4. The fraction of sp³-hybridized carbons (Fsp3) is 0.200. The Morgan fingerprint density at radius 2 is 2.21 bits per heavy atom. The van der Waals surface area contributed by atoms with E-state index in [0.29, 0.717) is 0 Å². The number of hydrogen-bond acceptors (Lipinski definition) is 5. The summed E-state index contributed by atoms with van der Waals surface area (Å²) in [6.07, 6.45) is -2.23. The molecule has 6 nitrogen and oxygen atoms in total. The molecule has 0 spiro atoms. The van der Waals surface area contributed by atoms with E-state index in [1.54, 1.807) is 11.5 Å². The molecule has 0 aliphatic carbocycles. The summed E-state index contributed by atoms with van der Waals surface area (Å²) < 4.78 is 45.4. The Morgan fingerprint density at radius 1 is 1.42 bits per heavy atom. The van der Waals surface area contributed by atoms with Crippen molar-refractivity contribution in [1.82, 2.24) is 10.5 Å². The quantitative estimate of drug-likeness (QED) is 0.866. The number of nitrogens with zero attached hydrogens (tertiary/aromatic N) is 1. The van der Waals surface area contributed by atoms with Crippen molar-refractivity contribution in [2.24, 2.45) is 0 Å². The SMILES string of the molecule is O=C(NOCC(F)(F)F)c1ncoc1-c1ccco1. The van der Waals surface area contributed by atoms with Crippen molar-refractivity contribution >= 4 is 5.91 Å². The average molecular weight is 276 g/mol. The molecule has 0 aliphatic heterocycles. The number of amides is 1. The number of hydroxylamine groups is 1. The van der Waals surface area contributed by atoms with Crippen LogP contribution in [0.25, 0.3) is 11.5 Å². The number of hydrogen-bond donors (Lipinski definition) is 1. The first-order valence-electron chi connectivity index (χ1n) is 4.93. The summed E-state index contributed by atoms with van der Waals surface area (Å²) in [5.41, 5.74) is 1.38. The minimum atomic E-state index is -4.54. The van der Waals surface area contributed by atoms with E-state index in [1.165, 1.54) is 12.3 Å². The first-order valence-corrected chi connectivity index (χ1v) is 4.93. The molecular formula is C10H7F3N2O4. The molecule has 2 aromatic heterocycles. The van der Waals surface area contributed by atoms with Gasteiger partial charge in [0.05, 0.1) is 6.26 Å². The highest BCUT2D eigenvalue weighted by Gasteiger charge is 2.29. The van der Waals surface area contributed by atoms with Crippen LogP contribution in [0.4, 0.5) is 13.2 Å². The zero-order valence-corrected chi connectivity index (χ0v) is 9.23. The third-order valence-corrected chi connectivity index (χ3v) is 1.93. The van der Waals surface area contributed by atoms with Gasteiger partial charge in [-0.3, -0.25) is 9.63 Å². The summed E-state index contributed by atoms with van der Waals surface area (Å²) in [4.78, 5) is 19.1. The number of carbonyl (C=O) groups is 1. The maximum absolute atomic E-state index is 11.8. The van der Waals surface area contributed by atoms with Crippen molar-refractivity contribution in [3.8, 4) is 11.5 Å². The summed E-state index contributed by atoms with van der Waals surface area (Å²) in [6, 6.07) is 3.06. The number of alkyl halides is 3. The lowest BCUT2D eigenvalue weighted by molar-refractivity contribution is -0.184. The topological polar surface area (TPSA) is 77.5 Å². The molecule has 2 rings (SSSR count). The summed E-state index contributed by atoms with van der Waals surface area (Å²) in [7, 11) is 0. The highest BCUT2D eigenvalue weighted by molar-refractivity contribution is 5.96. The van der Waals surface area contributed by atoms with E-state index in [0.717, 1.165) is 6.39 Å². The van der Waals surface area contributed by atoms with Crippen molar-refractivity contribution in [2.75, 3.05) is 6.61 Å². The summed E-state index contributed by atoms with van der Waals surface area (Å²) in [5.74, 6) is -0.749. The molecule has 1 amide bonds. The van der Waals surface area contributed by atoms with Crippen LogP contribution in [-0.4, -0.2) is 23.7 Å². The smallest absolute Gasteiger partial charge is 0.414 e. The van der Waals surface area contributed by atoms with Gasteiger partial charge in [0.2, 0.25) is 5.76 Å². The monoisotopic (exact) mass is 276 g/mol. The van der Waals surface area contributed by atoms with Gasteiger partial charge in [-0.1, -0.05) is 0 Å². The molecule has 0 aliphatic rings. The number of halogens is 3. The predicted molar refractivity (Wildman–Crippen MR) is 53.7 cm³/mol. The van der Waals surface area contributed by atoms with Gasteiger partial charge in [-0.25, -0.2) is 10.5 Å². The van der Waals surface area contributed by atoms with Gasteiger partial charge in [0, 0.05) is 0 Å². The van der Waals surface area contributed by atoms with Crippen LogP contribution >= 0.6 is 0 Å². The zero-order chi connectivity index (χ0) is 13.9. The molecule has 1 N–H and O–H groups in total. The van der Waals surface area contributed by atoms with Crippen LogP contribution in [0.3, 0.4) is 0 Å². The van der Waals surface area contributed by atoms with Crippen LogP contribution in [0.15, 0.2) is 33.6 Å². The Balaban J connectivity index is 2.03. The largest absolute Gasteiger partial charge is 0.461 e. The van der Waals surface area contributed by atoms with Crippen LogP contribution in [0, 0.1) is 0 Å². The fourth-order valence-electron chi connectivity index (χ4n) is 1.22. The first-order chi connectivity index (χ1) is 8.97. The number of oxazole rings is 1. The van der Waals surface area contributed by atoms with Crippen LogP contribution in [0.2, 0.25) is 0 Å². The molecule has 102 valence electrons. The van der Waals surface area contributed by atoms with Crippen molar-refractivity contribution in [1.29, 1.82) is 0 Å². The second kappa shape index (κ2) is 5.14. The van der Waals surface area contributed by atoms with Gasteiger partial charge in [-0.2, -0.15) is 13.2 Å². The van der Waals surface area contributed by atoms with Crippen molar-refractivity contribution in [3.05, 3.63) is 30.5 Å². The lowest BCUT2D eigenvalue weighted by atomic mass is 10.3. The van der Waals surface area contributed by atoms with Crippen LogP contribution in [-0.2, 0) is 4.84 Å². The highest BCUT2D eigenvalue weighted by atomic mass is 19.4. The van der Waals surface area contributed by atoms with Crippen LogP contribution in [0.1, 0.15) is 10.5 Å². The lowest BCUT2D eigenvalue weighted by Gasteiger charge is -2.07. The van der Waals surface area contributed by atoms with E-state index in [-0.39, 0.29) is 17.2 Å². The predicted octanol–water partition coefficient (Wildman–Crippen LogP) is 2.16. The second-order valence-electron chi connectivity index (χ2n) is 3.34. The number of furan rings is 1. The van der Waals surface area contributed by atoms with Gasteiger partial charge < -0.3 is 8.83 Å². The molecule has 0 radical (unpaired) electrons. The number of nitrogens with one attached hydrogen (secondary N) is 1. The molecule has 0 bridgehead atoms. The van der Waals surface area contributed by atoms with Gasteiger partial charge in [0.15, 0.2) is 24.5 Å². The second-order valence-corrected chi connectivity index (χ2v) is 3.34. The Hall–Kier alpha value is -2.29. The Morgan fingerprint density at radius 3 is 2.84 bits per heavy atom. The van der Waals surface area contributed by atoms with Gasteiger partial charge in [0.25, 0.3) is 5.91 Å². The normalized spacial score (nSPS) is 11.5. The van der Waals surface area contributed by atoms with Crippen LogP contribution in [0.5, 0.6) is 0 Å². The fourth-order valence-corrected chi connectivity index (χ4v) is 1.22. The minimum Gasteiger partial charge on any atom is -0.461 e. The Kier molecular flexibility index (Phi) is 3.56. The Bertz CT molecular complexity index is 547. The molecule has 0 saturated carbocycles. The van der Waals surface area contributed by atoms with Gasteiger partial charge in [-0.15, -0.1) is 0 Å². The first kappa shape index (κ1) is 13.1. The summed E-state index contributed by atoms with van der Waals surface area (Å²) in [6.45, 7) is -1.60. The van der Waals surface area contributed by atoms with Gasteiger partial charge in [-0.05, 0) is 12.1 Å². The lowest BCUT2D eigenvalue weighted by Crippen LogP contribution is -2.30. The molecule has 19 heavy (non-hydrogen) atoms. The van der Waals surface area contributed by atoms with E-state index in [9.17, 15) is 18.0 Å². The molecule has 2 heterocycles. The molecule has 0 aromatic carbocycles. The maximum Gasteiger partial charge on any atom is 0.414 e. The number of aromatic nitrogens is 1. The highest BCUT2D eigenvalue weighted by Crippen LogP contribution is 2.23. The molecular weight excluding hydrogens is 269 g/mol. The maximum atomic E-state index is 11.8. The van der Waals surface area contributed by atoms with Gasteiger partial charge >= 0.3 is 6.18 Å². The van der Waals surface area contributed by atoms with E-state index in [2.05, 4.69) is 9.82 Å². The standard InChI is InChI=1S/C10H7F3N2O4/c11-10(12,13)4-19-15-9(16)7-8(18-5-14-7)6-2-1-3-17-6/h1-3,5H,4H2,(H,15,16). The van der Waals surface area contributed by atoms with Crippen molar-refractivity contribution in [3.63, 3.8) is 0 Å². The molecule has 0 fully saturated rings. The van der Waals surface area contributed by atoms with Crippen molar-refractivity contribution < 1.29 is 31.6 Å². The molecule has 0 atom stereocenters. The summed E-state index contributed by atoms with van der Waals surface area (Å²) in [5, 5.41) is 0. The van der Waals surface area contributed by atoms with E-state index in [4.69, 9.17) is 8.83 Å². The van der Waals surface area contributed by atoms with E-state index >= 15 is 0 Å². The summed E-state index contributed by atoms with van der Waals surface area (Å²) >= 11 is 0. The third-order valence-electron chi connectivity index (χ3n) is 1.93.